The molecule has 6 nitrogen and oxygen atoms in total. The van der Waals surface area contributed by atoms with Crippen LogP contribution in [-0.4, -0.2) is 30.0 Å². The van der Waals surface area contributed by atoms with E-state index in [0.717, 1.165) is 27.3 Å². The quantitative estimate of drug-likeness (QED) is 0.358. The molecule has 0 aliphatic rings. The minimum Gasteiger partial charge on any atom is -0.495 e. The number of benzene rings is 2. The van der Waals surface area contributed by atoms with Crippen molar-refractivity contribution in [2.24, 2.45) is 0 Å². The van der Waals surface area contributed by atoms with E-state index in [1.54, 1.807) is 7.11 Å². The Hall–Kier alpha value is -3.45. The molecule has 1 amide bonds. The standard InChI is InChI=1S/C26H28N4O2S/c1-15(2)18-11-13-19(14-12-18)30(5)24-22-16(3)23(33-26(22)28-17(4)27-24)25(31)29-20-9-7-8-10-21(20)32-6/h7-15H,1-6H3,(H,29,31). The van der Waals surface area contributed by atoms with Gasteiger partial charge in [0.15, 0.2) is 0 Å². The van der Waals surface area contributed by atoms with Gasteiger partial charge in [0.1, 0.15) is 22.2 Å². The molecular weight excluding hydrogens is 432 g/mol. The van der Waals surface area contributed by atoms with Gasteiger partial charge in [-0.1, -0.05) is 38.1 Å². The Morgan fingerprint density at radius 2 is 1.76 bits per heavy atom. The van der Waals surface area contributed by atoms with E-state index in [1.165, 1.54) is 16.9 Å². The molecule has 0 spiro atoms. The molecule has 2 aromatic heterocycles. The van der Waals surface area contributed by atoms with Gasteiger partial charge in [0.05, 0.1) is 23.1 Å². The lowest BCUT2D eigenvalue weighted by atomic mass is 10.0. The minimum atomic E-state index is -0.187. The van der Waals surface area contributed by atoms with E-state index in [-0.39, 0.29) is 5.91 Å². The Labute approximate surface area is 198 Å². The number of hydrogen-bond acceptors (Lipinski definition) is 6. The third-order valence-electron chi connectivity index (χ3n) is 5.71. The van der Waals surface area contributed by atoms with Crippen molar-refractivity contribution in [1.29, 1.82) is 0 Å². The second kappa shape index (κ2) is 9.19. The summed E-state index contributed by atoms with van der Waals surface area (Å²) in [4.78, 5) is 26.0. The molecule has 0 unspecified atom stereocenters. The van der Waals surface area contributed by atoms with E-state index in [0.29, 0.717) is 28.1 Å². The Morgan fingerprint density at radius 1 is 1.06 bits per heavy atom. The lowest BCUT2D eigenvalue weighted by Gasteiger charge is -2.20. The number of aromatic nitrogens is 2. The number of rotatable bonds is 6. The first-order valence-corrected chi connectivity index (χ1v) is 11.7. The number of fused-ring (bicyclic) bond motifs is 1. The number of anilines is 3. The maximum atomic E-state index is 13.2. The second-order valence-electron chi connectivity index (χ2n) is 8.29. The third-order valence-corrected chi connectivity index (χ3v) is 6.89. The van der Waals surface area contributed by atoms with Crippen molar-refractivity contribution in [3.63, 3.8) is 0 Å². The number of amides is 1. The van der Waals surface area contributed by atoms with Gasteiger partial charge in [-0.15, -0.1) is 11.3 Å². The predicted octanol–water partition coefficient (Wildman–Crippen LogP) is 6.46. The van der Waals surface area contributed by atoms with Gasteiger partial charge < -0.3 is 15.0 Å². The Balaban J connectivity index is 1.74. The number of carbonyl (C=O) groups is 1. The average molecular weight is 461 g/mol. The predicted molar refractivity (Wildman–Crippen MR) is 136 cm³/mol. The van der Waals surface area contributed by atoms with Crippen LogP contribution < -0.4 is 15.0 Å². The van der Waals surface area contributed by atoms with E-state index >= 15 is 0 Å². The molecule has 1 N–H and O–H groups in total. The topological polar surface area (TPSA) is 67.3 Å². The largest absolute Gasteiger partial charge is 0.495 e. The van der Waals surface area contributed by atoms with Crippen LogP contribution in [0.1, 0.15) is 46.4 Å². The normalized spacial score (nSPS) is 11.1. The summed E-state index contributed by atoms with van der Waals surface area (Å²) in [5.74, 6) is 2.36. The summed E-state index contributed by atoms with van der Waals surface area (Å²) in [6.45, 7) is 8.20. The first kappa shape index (κ1) is 22.7. The van der Waals surface area contributed by atoms with Crippen molar-refractivity contribution in [2.75, 3.05) is 24.4 Å². The van der Waals surface area contributed by atoms with Gasteiger partial charge in [0.2, 0.25) is 0 Å². The molecule has 0 bridgehead atoms. The first-order chi connectivity index (χ1) is 15.8. The second-order valence-corrected chi connectivity index (χ2v) is 9.29. The summed E-state index contributed by atoms with van der Waals surface area (Å²) < 4.78 is 5.37. The molecule has 33 heavy (non-hydrogen) atoms. The number of carbonyl (C=O) groups excluding carboxylic acids is 1. The molecule has 4 rings (SSSR count). The van der Waals surface area contributed by atoms with E-state index in [1.807, 2.05) is 45.2 Å². The van der Waals surface area contributed by atoms with E-state index in [4.69, 9.17) is 9.72 Å². The van der Waals surface area contributed by atoms with Gasteiger partial charge in [0.25, 0.3) is 5.91 Å². The summed E-state index contributed by atoms with van der Waals surface area (Å²) >= 11 is 1.38. The van der Waals surface area contributed by atoms with Crippen molar-refractivity contribution in [3.8, 4) is 5.75 Å². The van der Waals surface area contributed by atoms with Crippen molar-refractivity contribution in [3.05, 3.63) is 70.4 Å². The zero-order valence-corrected chi connectivity index (χ0v) is 20.6. The molecule has 0 aliphatic carbocycles. The highest BCUT2D eigenvalue weighted by Gasteiger charge is 2.23. The minimum absolute atomic E-state index is 0.187. The van der Waals surface area contributed by atoms with Gasteiger partial charge in [-0.3, -0.25) is 4.79 Å². The van der Waals surface area contributed by atoms with Gasteiger partial charge in [-0.25, -0.2) is 9.97 Å². The maximum Gasteiger partial charge on any atom is 0.266 e. The van der Waals surface area contributed by atoms with Gasteiger partial charge in [-0.05, 0) is 55.2 Å². The van der Waals surface area contributed by atoms with E-state index in [2.05, 4.69) is 53.3 Å². The Bertz CT molecular complexity index is 1310. The Morgan fingerprint density at radius 3 is 2.42 bits per heavy atom. The number of thiophene rings is 1. The van der Waals surface area contributed by atoms with Crippen LogP contribution in [0.4, 0.5) is 17.2 Å². The van der Waals surface area contributed by atoms with Crippen LogP contribution >= 0.6 is 11.3 Å². The van der Waals surface area contributed by atoms with Crippen LogP contribution in [-0.2, 0) is 0 Å². The van der Waals surface area contributed by atoms with Crippen LogP contribution in [0.3, 0.4) is 0 Å². The fourth-order valence-corrected chi connectivity index (χ4v) is 4.93. The molecule has 0 fully saturated rings. The molecule has 0 saturated heterocycles. The molecule has 0 atom stereocenters. The molecule has 0 saturated carbocycles. The summed E-state index contributed by atoms with van der Waals surface area (Å²) in [5, 5.41) is 3.87. The lowest BCUT2D eigenvalue weighted by molar-refractivity contribution is 0.102. The number of nitrogens with one attached hydrogen (secondary N) is 1. The van der Waals surface area contributed by atoms with Gasteiger partial charge in [-0.2, -0.15) is 0 Å². The zero-order valence-electron chi connectivity index (χ0n) is 19.8. The van der Waals surface area contributed by atoms with Crippen molar-refractivity contribution in [1.82, 2.24) is 9.97 Å². The smallest absolute Gasteiger partial charge is 0.266 e. The van der Waals surface area contributed by atoms with Crippen LogP contribution in [0.5, 0.6) is 5.75 Å². The fraction of sp³-hybridized carbons (Fsp3) is 0.269. The number of hydrogen-bond donors (Lipinski definition) is 1. The molecule has 4 aromatic rings. The third kappa shape index (κ3) is 4.41. The number of nitrogens with zero attached hydrogens (tertiary/aromatic N) is 3. The highest BCUT2D eigenvalue weighted by Crippen LogP contribution is 2.38. The van der Waals surface area contributed by atoms with Crippen LogP contribution in [0.2, 0.25) is 0 Å². The van der Waals surface area contributed by atoms with E-state index < -0.39 is 0 Å². The van der Waals surface area contributed by atoms with Crippen molar-refractivity contribution in [2.45, 2.75) is 33.6 Å². The lowest BCUT2D eigenvalue weighted by Crippen LogP contribution is -2.14. The SMILES string of the molecule is COc1ccccc1NC(=O)c1sc2nc(C)nc(N(C)c3ccc(C(C)C)cc3)c2c1C. The molecule has 0 aliphatic heterocycles. The number of methoxy groups -OCH3 is 1. The van der Waals surface area contributed by atoms with E-state index in [9.17, 15) is 4.79 Å². The maximum absolute atomic E-state index is 13.2. The number of ether oxygens (including phenoxy) is 1. The van der Waals surface area contributed by atoms with Crippen LogP contribution in [0.25, 0.3) is 10.2 Å². The summed E-state index contributed by atoms with van der Waals surface area (Å²) in [6, 6.07) is 15.9. The molecule has 170 valence electrons. The van der Waals surface area contributed by atoms with Crippen molar-refractivity contribution >= 4 is 44.7 Å². The monoisotopic (exact) mass is 460 g/mol. The number of para-hydroxylation sites is 2. The fourth-order valence-electron chi connectivity index (χ4n) is 3.81. The zero-order chi connectivity index (χ0) is 23.7. The molecule has 2 aromatic carbocycles. The Kier molecular flexibility index (Phi) is 6.33. The number of aryl methyl sites for hydroxylation is 2. The van der Waals surface area contributed by atoms with Gasteiger partial charge in [0, 0.05) is 12.7 Å². The molecule has 2 heterocycles. The summed E-state index contributed by atoms with van der Waals surface area (Å²) in [6.07, 6.45) is 0. The summed E-state index contributed by atoms with van der Waals surface area (Å²) in [5.41, 5.74) is 3.82. The highest BCUT2D eigenvalue weighted by molar-refractivity contribution is 7.20. The molecule has 7 heteroatoms. The first-order valence-electron chi connectivity index (χ1n) is 10.9. The van der Waals surface area contributed by atoms with Crippen molar-refractivity contribution < 1.29 is 9.53 Å². The molecular formula is C26H28N4O2S. The van der Waals surface area contributed by atoms with Crippen LogP contribution in [0.15, 0.2) is 48.5 Å². The van der Waals surface area contributed by atoms with Crippen LogP contribution in [0, 0.1) is 13.8 Å². The summed E-state index contributed by atoms with van der Waals surface area (Å²) in [7, 11) is 3.58. The van der Waals surface area contributed by atoms with Gasteiger partial charge >= 0.3 is 0 Å². The molecule has 0 radical (unpaired) electrons. The highest BCUT2D eigenvalue weighted by atomic mass is 32.1. The average Bonchev–Trinajstić information content (AvgIpc) is 3.14.